The van der Waals surface area contributed by atoms with Crippen molar-refractivity contribution in [2.45, 2.75) is 33.2 Å². The number of rotatable bonds is 5. The van der Waals surface area contributed by atoms with Crippen molar-refractivity contribution in [3.63, 3.8) is 0 Å². The fourth-order valence-corrected chi connectivity index (χ4v) is 6.10. The van der Waals surface area contributed by atoms with Gasteiger partial charge in [0.2, 0.25) is 5.91 Å². The maximum Gasteiger partial charge on any atom is 0.255 e. The van der Waals surface area contributed by atoms with Gasteiger partial charge in [-0.05, 0) is 43.7 Å². The Labute approximate surface area is 176 Å². The molecule has 2 aliphatic rings. The number of hydrogen-bond acceptors (Lipinski definition) is 4. The number of thiophene rings is 1. The molecule has 3 atom stereocenters. The molecule has 1 aromatic heterocycles. The fraction of sp³-hybridized carbons (Fsp3) is 0.478. The minimum atomic E-state index is -0.272. The van der Waals surface area contributed by atoms with Crippen molar-refractivity contribution < 1.29 is 9.59 Å². The van der Waals surface area contributed by atoms with E-state index in [9.17, 15) is 9.59 Å². The monoisotopic (exact) mass is 411 g/mol. The average Bonchev–Trinajstić information content (AvgIpc) is 3.32. The molecule has 2 aliphatic heterocycles. The molecule has 0 spiro atoms. The van der Waals surface area contributed by atoms with E-state index in [-0.39, 0.29) is 17.9 Å². The topological polar surface area (TPSA) is 66.6 Å². The minimum absolute atomic E-state index is 0.0208. The smallest absolute Gasteiger partial charge is 0.255 e. The van der Waals surface area contributed by atoms with Gasteiger partial charge in [0.15, 0.2) is 0 Å². The van der Waals surface area contributed by atoms with Gasteiger partial charge in [0.25, 0.3) is 5.91 Å². The number of carbonyl (C=O) groups is 2. The highest BCUT2D eigenvalue weighted by Gasteiger charge is 2.44. The van der Waals surface area contributed by atoms with Crippen LogP contribution in [0.1, 0.15) is 43.7 Å². The molecule has 6 heteroatoms. The second-order valence-corrected chi connectivity index (χ2v) is 9.92. The molecule has 0 radical (unpaired) electrons. The van der Waals surface area contributed by atoms with E-state index in [1.807, 2.05) is 30.0 Å². The third kappa shape index (κ3) is 3.83. The van der Waals surface area contributed by atoms with Crippen molar-refractivity contribution in [1.82, 2.24) is 9.80 Å². The highest BCUT2D eigenvalue weighted by atomic mass is 32.1. The number of benzene rings is 1. The van der Waals surface area contributed by atoms with Gasteiger partial charge in [-0.2, -0.15) is 0 Å². The Bertz CT molecular complexity index is 910. The van der Waals surface area contributed by atoms with Gasteiger partial charge in [-0.25, -0.2) is 0 Å². The SMILES string of the molecule is Cc1sc(C)c(C(=O)N2CC3CN([C@@H](CC(N)=O)c4ccccc4)CC3C2)c1C. The summed E-state index contributed by atoms with van der Waals surface area (Å²) < 4.78 is 0. The summed E-state index contributed by atoms with van der Waals surface area (Å²) in [5.74, 6) is 0.824. The molecule has 29 heavy (non-hydrogen) atoms. The van der Waals surface area contributed by atoms with Crippen LogP contribution in [-0.2, 0) is 4.79 Å². The van der Waals surface area contributed by atoms with Crippen LogP contribution in [0.2, 0.25) is 0 Å². The predicted octanol–water partition coefficient (Wildman–Crippen LogP) is 3.29. The molecule has 0 aliphatic carbocycles. The number of hydrogen-bond donors (Lipinski definition) is 1. The summed E-state index contributed by atoms with van der Waals surface area (Å²) >= 11 is 1.71. The summed E-state index contributed by atoms with van der Waals surface area (Å²) in [5.41, 5.74) is 8.72. The van der Waals surface area contributed by atoms with Crippen LogP contribution in [0.5, 0.6) is 0 Å². The molecule has 2 N–H and O–H groups in total. The summed E-state index contributed by atoms with van der Waals surface area (Å²) in [6.45, 7) is 9.59. The van der Waals surface area contributed by atoms with E-state index in [1.54, 1.807) is 11.3 Å². The van der Waals surface area contributed by atoms with E-state index in [0.29, 0.717) is 18.3 Å². The zero-order chi connectivity index (χ0) is 20.7. The molecule has 0 bridgehead atoms. The molecule has 5 nitrogen and oxygen atoms in total. The number of carbonyl (C=O) groups excluding carboxylic acids is 2. The quantitative estimate of drug-likeness (QED) is 0.821. The third-order valence-electron chi connectivity index (χ3n) is 6.60. The van der Waals surface area contributed by atoms with Gasteiger partial charge in [0.1, 0.15) is 0 Å². The van der Waals surface area contributed by atoms with Crippen molar-refractivity contribution in [3.8, 4) is 0 Å². The number of nitrogens with zero attached hydrogens (tertiary/aromatic N) is 2. The van der Waals surface area contributed by atoms with Gasteiger partial charge in [-0.1, -0.05) is 30.3 Å². The maximum atomic E-state index is 13.2. The van der Waals surface area contributed by atoms with E-state index in [4.69, 9.17) is 5.73 Å². The molecule has 3 heterocycles. The molecule has 1 aromatic carbocycles. The zero-order valence-electron chi connectivity index (χ0n) is 17.4. The number of likely N-dealkylation sites (tertiary alicyclic amines) is 2. The highest BCUT2D eigenvalue weighted by Crippen LogP contribution is 2.38. The minimum Gasteiger partial charge on any atom is -0.370 e. The summed E-state index contributed by atoms with van der Waals surface area (Å²) in [7, 11) is 0. The molecular formula is C23H29N3O2S. The Balaban J connectivity index is 1.46. The molecular weight excluding hydrogens is 382 g/mol. The molecule has 2 saturated heterocycles. The number of aryl methyl sites for hydroxylation is 2. The van der Waals surface area contributed by atoms with E-state index >= 15 is 0 Å². The van der Waals surface area contributed by atoms with Gasteiger partial charge < -0.3 is 10.6 Å². The zero-order valence-corrected chi connectivity index (χ0v) is 18.2. The van der Waals surface area contributed by atoms with Gasteiger partial charge in [-0.15, -0.1) is 11.3 Å². The van der Waals surface area contributed by atoms with Crippen molar-refractivity contribution in [3.05, 3.63) is 56.8 Å². The summed E-state index contributed by atoms with van der Waals surface area (Å²) in [6, 6.07) is 10.2. The Hall–Kier alpha value is -2.18. The van der Waals surface area contributed by atoms with Crippen LogP contribution in [0.25, 0.3) is 0 Å². The first-order valence-electron chi connectivity index (χ1n) is 10.3. The van der Waals surface area contributed by atoms with Crippen LogP contribution in [0, 0.1) is 32.6 Å². The van der Waals surface area contributed by atoms with E-state index < -0.39 is 0 Å². The van der Waals surface area contributed by atoms with Crippen LogP contribution >= 0.6 is 11.3 Å². The van der Waals surface area contributed by atoms with Gasteiger partial charge in [0, 0.05) is 48.4 Å². The molecule has 4 rings (SSSR count). The highest BCUT2D eigenvalue weighted by molar-refractivity contribution is 7.12. The van der Waals surface area contributed by atoms with Gasteiger partial charge in [-0.3, -0.25) is 14.5 Å². The van der Waals surface area contributed by atoms with Crippen LogP contribution in [0.3, 0.4) is 0 Å². The Morgan fingerprint density at radius 2 is 1.66 bits per heavy atom. The Morgan fingerprint density at radius 1 is 1.03 bits per heavy atom. The molecule has 2 fully saturated rings. The first-order valence-corrected chi connectivity index (χ1v) is 11.1. The maximum absolute atomic E-state index is 13.2. The molecule has 2 amide bonds. The van der Waals surface area contributed by atoms with Crippen LogP contribution < -0.4 is 5.73 Å². The van der Waals surface area contributed by atoms with E-state index in [1.165, 1.54) is 4.88 Å². The second kappa shape index (κ2) is 7.92. The van der Waals surface area contributed by atoms with Crippen molar-refractivity contribution in [2.75, 3.05) is 26.2 Å². The largest absolute Gasteiger partial charge is 0.370 e. The normalized spacial score (nSPS) is 22.7. The predicted molar refractivity (Wildman–Crippen MR) is 116 cm³/mol. The van der Waals surface area contributed by atoms with Gasteiger partial charge >= 0.3 is 0 Å². The standard InChI is InChI=1S/C23H29N3O2S/c1-14-15(2)29-16(3)22(14)23(28)26-12-18-10-25(11-19(18)13-26)20(9-21(24)27)17-7-5-4-6-8-17/h4-8,18-20H,9-13H2,1-3H3,(H2,24,27)/t18?,19?,20-/m0/s1. The lowest BCUT2D eigenvalue weighted by atomic mass is 10.0. The van der Waals surface area contributed by atoms with Gasteiger partial charge in [0.05, 0.1) is 5.56 Å². The van der Waals surface area contributed by atoms with Crippen molar-refractivity contribution in [2.24, 2.45) is 17.6 Å². The molecule has 0 saturated carbocycles. The number of amides is 2. The number of fused-ring (bicyclic) bond motifs is 1. The van der Waals surface area contributed by atoms with Crippen molar-refractivity contribution in [1.29, 1.82) is 0 Å². The average molecular weight is 412 g/mol. The summed E-state index contributed by atoms with van der Waals surface area (Å²) in [5, 5.41) is 0. The first kappa shape index (κ1) is 20.1. The second-order valence-electron chi connectivity index (χ2n) is 8.50. The Kier molecular flexibility index (Phi) is 5.49. The fourth-order valence-electron chi connectivity index (χ4n) is 5.04. The van der Waals surface area contributed by atoms with E-state index in [2.05, 4.69) is 30.9 Å². The molecule has 154 valence electrons. The number of nitrogens with two attached hydrogens (primary N) is 1. The first-order chi connectivity index (χ1) is 13.8. The lowest BCUT2D eigenvalue weighted by Crippen LogP contribution is -2.36. The van der Waals surface area contributed by atoms with Crippen LogP contribution in [0.15, 0.2) is 30.3 Å². The van der Waals surface area contributed by atoms with Crippen LogP contribution in [-0.4, -0.2) is 47.8 Å². The van der Waals surface area contributed by atoms with E-state index in [0.717, 1.165) is 47.7 Å². The molecule has 2 aromatic rings. The Morgan fingerprint density at radius 3 is 2.17 bits per heavy atom. The lowest BCUT2D eigenvalue weighted by molar-refractivity contribution is -0.119. The number of primary amides is 1. The summed E-state index contributed by atoms with van der Waals surface area (Å²) in [4.78, 5) is 31.6. The lowest BCUT2D eigenvalue weighted by Gasteiger charge is -2.29. The third-order valence-corrected chi connectivity index (χ3v) is 7.72. The van der Waals surface area contributed by atoms with Crippen molar-refractivity contribution >= 4 is 23.2 Å². The summed E-state index contributed by atoms with van der Waals surface area (Å²) in [6.07, 6.45) is 0.332. The molecule has 2 unspecified atom stereocenters. The van der Waals surface area contributed by atoms with Crippen LogP contribution in [0.4, 0.5) is 0 Å².